The van der Waals surface area contributed by atoms with Gasteiger partial charge in [-0.1, -0.05) is 11.6 Å². The predicted molar refractivity (Wildman–Crippen MR) is 65.1 cm³/mol. The van der Waals surface area contributed by atoms with Crippen LogP contribution in [0.2, 0.25) is 5.02 Å². The minimum atomic E-state index is 0. The maximum Gasteiger partial charge on any atom is 0.138 e. The third-order valence-electron chi connectivity index (χ3n) is 1.65. The van der Waals surface area contributed by atoms with Crippen LogP contribution in [0.25, 0.3) is 0 Å². The molecule has 0 heterocycles. The van der Waals surface area contributed by atoms with Crippen LogP contribution < -0.4 is 10.5 Å². The number of ether oxygens (including phenoxy) is 2. The second kappa shape index (κ2) is 7.63. The normalized spacial score (nSPS) is 9.47. The van der Waals surface area contributed by atoms with Crippen LogP contribution in [-0.2, 0) is 4.74 Å². The fourth-order valence-electron chi connectivity index (χ4n) is 0.989. The van der Waals surface area contributed by atoms with Crippen LogP contribution in [0.4, 0.5) is 5.69 Å². The van der Waals surface area contributed by atoms with Crippen LogP contribution >= 0.6 is 24.0 Å². The van der Waals surface area contributed by atoms with Gasteiger partial charge in [0.2, 0.25) is 0 Å². The Labute approximate surface area is 101 Å². The summed E-state index contributed by atoms with van der Waals surface area (Å²) in [5.41, 5.74) is 6.17. The Hall–Kier alpha value is -0.640. The lowest BCUT2D eigenvalue weighted by atomic mass is 10.3. The summed E-state index contributed by atoms with van der Waals surface area (Å²) < 4.78 is 10.5. The number of benzene rings is 1. The molecule has 1 aromatic rings. The molecule has 0 amide bonds. The summed E-state index contributed by atoms with van der Waals surface area (Å²) in [7, 11) is 0. The van der Waals surface area contributed by atoms with Crippen molar-refractivity contribution in [3.63, 3.8) is 0 Å². The number of rotatable bonds is 5. The van der Waals surface area contributed by atoms with E-state index in [2.05, 4.69) is 0 Å². The molecule has 0 atom stereocenters. The van der Waals surface area contributed by atoms with Crippen molar-refractivity contribution in [2.24, 2.45) is 0 Å². The van der Waals surface area contributed by atoms with Crippen molar-refractivity contribution in [1.29, 1.82) is 0 Å². The molecule has 1 aromatic carbocycles. The van der Waals surface area contributed by atoms with Crippen LogP contribution in [0.5, 0.6) is 5.75 Å². The lowest BCUT2D eigenvalue weighted by Gasteiger charge is -2.08. The average Bonchev–Trinajstić information content (AvgIpc) is 2.15. The van der Waals surface area contributed by atoms with E-state index < -0.39 is 0 Å². The van der Waals surface area contributed by atoms with Gasteiger partial charge in [0.25, 0.3) is 0 Å². The van der Waals surface area contributed by atoms with Gasteiger partial charge in [-0.2, -0.15) is 0 Å². The van der Waals surface area contributed by atoms with Crippen molar-refractivity contribution in [2.75, 3.05) is 25.6 Å². The fraction of sp³-hybridized carbons (Fsp3) is 0.400. The molecule has 86 valence electrons. The van der Waals surface area contributed by atoms with Crippen LogP contribution in [0.1, 0.15) is 6.92 Å². The van der Waals surface area contributed by atoms with Gasteiger partial charge < -0.3 is 15.2 Å². The predicted octanol–water partition coefficient (Wildman–Crippen LogP) is 2.76. The van der Waals surface area contributed by atoms with E-state index in [4.69, 9.17) is 26.8 Å². The molecule has 5 heteroatoms. The van der Waals surface area contributed by atoms with E-state index in [1.807, 2.05) is 6.92 Å². The minimum absolute atomic E-state index is 0. The summed E-state index contributed by atoms with van der Waals surface area (Å²) in [6.45, 7) is 3.70. The van der Waals surface area contributed by atoms with Crippen molar-refractivity contribution < 1.29 is 9.47 Å². The van der Waals surface area contributed by atoms with Crippen LogP contribution in [0, 0.1) is 0 Å². The molecule has 0 aliphatic carbocycles. The Morgan fingerprint density at radius 3 is 2.67 bits per heavy atom. The highest BCUT2D eigenvalue weighted by Crippen LogP contribution is 2.26. The Kier molecular flexibility index (Phi) is 7.30. The van der Waals surface area contributed by atoms with E-state index in [0.29, 0.717) is 36.3 Å². The van der Waals surface area contributed by atoms with Crippen LogP contribution in [-0.4, -0.2) is 19.8 Å². The van der Waals surface area contributed by atoms with Gasteiger partial charge in [0.1, 0.15) is 12.4 Å². The van der Waals surface area contributed by atoms with Crippen LogP contribution in [0.3, 0.4) is 0 Å². The molecule has 0 fully saturated rings. The van der Waals surface area contributed by atoms with Crippen molar-refractivity contribution in [2.45, 2.75) is 6.92 Å². The Bertz CT molecular complexity index is 295. The van der Waals surface area contributed by atoms with Crippen LogP contribution in [0.15, 0.2) is 18.2 Å². The third kappa shape index (κ3) is 5.11. The van der Waals surface area contributed by atoms with Crippen molar-refractivity contribution in [3.8, 4) is 5.75 Å². The van der Waals surface area contributed by atoms with E-state index in [9.17, 15) is 0 Å². The minimum Gasteiger partial charge on any atom is -0.490 e. The molecule has 0 saturated carbocycles. The molecule has 0 unspecified atom stereocenters. The second-order valence-electron chi connectivity index (χ2n) is 2.74. The van der Waals surface area contributed by atoms with E-state index >= 15 is 0 Å². The summed E-state index contributed by atoms with van der Waals surface area (Å²) >= 11 is 5.90. The molecule has 1 rings (SSSR count). The Morgan fingerprint density at radius 1 is 1.33 bits per heavy atom. The zero-order chi connectivity index (χ0) is 10.4. The lowest BCUT2D eigenvalue weighted by Crippen LogP contribution is -2.06. The summed E-state index contributed by atoms with van der Waals surface area (Å²) in [5, 5.41) is 0.529. The summed E-state index contributed by atoms with van der Waals surface area (Å²) in [5.74, 6) is 0.639. The molecule has 0 radical (unpaired) electrons. The molecule has 0 aliphatic rings. The maximum absolute atomic E-state index is 5.90. The van der Waals surface area contributed by atoms with Gasteiger partial charge in [-0.3, -0.25) is 0 Å². The van der Waals surface area contributed by atoms with Gasteiger partial charge in [-0.25, -0.2) is 0 Å². The number of anilines is 1. The van der Waals surface area contributed by atoms with Crippen molar-refractivity contribution in [1.82, 2.24) is 0 Å². The highest BCUT2D eigenvalue weighted by Gasteiger charge is 2.00. The first-order valence-electron chi connectivity index (χ1n) is 4.49. The largest absolute Gasteiger partial charge is 0.490 e. The zero-order valence-corrected chi connectivity index (χ0v) is 10.1. The van der Waals surface area contributed by atoms with E-state index in [0.717, 1.165) is 0 Å². The molecule has 2 N–H and O–H groups in total. The number of nitrogen functional groups attached to an aromatic ring is 1. The highest BCUT2D eigenvalue weighted by atomic mass is 35.5. The number of hydrogen-bond donors (Lipinski definition) is 1. The molecule has 3 nitrogen and oxygen atoms in total. The van der Waals surface area contributed by atoms with Gasteiger partial charge in [-0.05, 0) is 25.1 Å². The second-order valence-corrected chi connectivity index (χ2v) is 3.14. The number of nitrogens with two attached hydrogens (primary N) is 1. The monoisotopic (exact) mass is 251 g/mol. The van der Waals surface area contributed by atoms with Gasteiger partial charge in [-0.15, -0.1) is 12.4 Å². The Morgan fingerprint density at radius 2 is 2.07 bits per heavy atom. The molecule has 0 saturated heterocycles. The topological polar surface area (TPSA) is 44.5 Å². The first-order valence-corrected chi connectivity index (χ1v) is 4.87. The van der Waals surface area contributed by atoms with E-state index in [1.54, 1.807) is 18.2 Å². The molecule has 0 aromatic heterocycles. The molecule has 0 aliphatic heterocycles. The molecule has 15 heavy (non-hydrogen) atoms. The number of halogens is 2. The fourth-order valence-corrected chi connectivity index (χ4v) is 1.23. The van der Waals surface area contributed by atoms with Gasteiger partial charge >= 0.3 is 0 Å². The SMILES string of the molecule is CCOCCOc1ccc(N)cc1Cl.Cl. The van der Waals surface area contributed by atoms with E-state index in [-0.39, 0.29) is 12.4 Å². The molecular formula is C10H15Cl2NO2. The van der Waals surface area contributed by atoms with Gasteiger partial charge in [0.15, 0.2) is 0 Å². The quantitative estimate of drug-likeness (QED) is 0.647. The van der Waals surface area contributed by atoms with E-state index in [1.165, 1.54) is 0 Å². The molecular weight excluding hydrogens is 237 g/mol. The molecule has 0 bridgehead atoms. The number of hydrogen-bond acceptors (Lipinski definition) is 3. The summed E-state index contributed by atoms with van der Waals surface area (Å²) in [6, 6.07) is 5.17. The smallest absolute Gasteiger partial charge is 0.138 e. The zero-order valence-electron chi connectivity index (χ0n) is 8.53. The molecule has 0 spiro atoms. The third-order valence-corrected chi connectivity index (χ3v) is 1.94. The Balaban J connectivity index is 0.00000196. The van der Waals surface area contributed by atoms with Gasteiger partial charge in [0.05, 0.1) is 11.6 Å². The summed E-state index contributed by atoms with van der Waals surface area (Å²) in [6.07, 6.45) is 0. The lowest BCUT2D eigenvalue weighted by molar-refractivity contribution is 0.110. The first-order chi connectivity index (χ1) is 6.74. The van der Waals surface area contributed by atoms with Gasteiger partial charge in [0, 0.05) is 12.3 Å². The standard InChI is InChI=1S/C10H14ClNO2.ClH/c1-2-13-5-6-14-10-4-3-8(12)7-9(10)11;/h3-4,7H,2,5-6,12H2,1H3;1H. The highest BCUT2D eigenvalue weighted by molar-refractivity contribution is 6.32. The maximum atomic E-state index is 5.90. The first kappa shape index (κ1) is 14.4. The van der Waals surface area contributed by atoms with Crippen molar-refractivity contribution in [3.05, 3.63) is 23.2 Å². The average molecular weight is 252 g/mol. The van der Waals surface area contributed by atoms with Crippen molar-refractivity contribution >= 4 is 29.7 Å². The summed E-state index contributed by atoms with van der Waals surface area (Å²) in [4.78, 5) is 0.